The number of aromatic nitrogens is 2. The molecular weight excluding hydrogens is 279 g/mol. The number of benzene rings is 1. The van der Waals surface area contributed by atoms with E-state index in [-0.39, 0.29) is 11.3 Å². The van der Waals surface area contributed by atoms with E-state index in [4.69, 9.17) is 0 Å². The highest BCUT2D eigenvalue weighted by atomic mass is 19.1. The number of H-pyrrole nitrogens is 1. The van der Waals surface area contributed by atoms with Crippen LogP contribution in [0.25, 0.3) is 0 Å². The van der Waals surface area contributed by atoms with E-state index in [0.29, 0.717) is 19.4 Å². The molecule has 1 heterocycles. The van der Waals surface area contributed by atoms with Crippen LogP contribution < -0.4 is 5.32 Å². The fraction of sp³-hybridized carbons (Fsp3) is 0.231. The zero-order valence-corrected chi connectivity index (χ0v) is 11.0. The van der Waals surface area contributed by atoms with E-state index in [2.05, 4.69) is 15.3 Å². The third-order valence-corrected chi connectivity index (χ3v) is 2.84. The smallest absolute Gasteiger partial charge is 0.270 e. The summed E-state index contributed by atoms with van der Waals surface area (Å²) in [4.78, 5) is 28.7. The number of aryl methyl sites for hydroxylation is 1. The zero-order chi connectivity index (χ0) is 15.2. The molecule has 0 bridgehead atoms. The van der Waals surface area contributed by atoms with Crippen molar-refractivity contribution in [1.82, 2.24) is 15.3 Å². The van der Waals surface area contributed by atoms with Crippen LogP contribution in [0.3, 0.4) is 0 Å². The molecule has 21 heavy (non-hydrogen) atoms. The molecule has 2 aromatic rings. The molecule has 1 aromatic carbocycles. The summed E-state index contributed by atoms with van der Waals surface area (Å²) in [6.45, 7) is 0.321. The van der Waals surface area contributed by atoms with E-state index in [1.807, 2.05) is 0 Å². The topological polar surface area (TPSA) is 101 Å². The van der Waals surface area contributed by atoms with E-state index in [1.54, 1.807) is 12.4 Å². The molecule has 0 aliphatic heterocycles. The van der Waals surface area contributed by atoms with Crippen LogP contribution in [-0.2, 0) is 6.42 Å². The van der Waals surface area contributed by atoms with Gasteiger partial charge in [-0.25, -0.2) is 9.37 Å². The minimum absolute atomic E-state index is 0.321. The lowest BCUT2D eigenvalue weighted by atomic mass is 10.1. The predicted molar refractivity (Wildman–Crippen MR) is 72.3 cm³/mol. The summed E-state index contributed by atoms with van der Waals surface area (Å²) in [5.74, 6) is -0.662. The Kier molecular flexibility index (Phi) is 4.60. The third kappa shape index (κ3) is 3.85. The molecule has 0 unspecified atom stereocenters. The maximum absolute atomic E-state index is 13.5. The van der Waals surface area contributed by atoms with Crippen LogP contribution in [0.2, 0.25) is 0 Å². The lowest BCUT2D eigenvalue weighted by molar-refractivity contribution is -0.384. The Morgan fingerprint density at radius 1 is 1.48 bits per heavy atom. The van der Waals surface area contributed by atoms with Gasteiger partial charge in [-0.15, -0.1) is 0 Å². The van der Waals surface area contributed by atoms with Crippen molar-refractivity contribution < 1.29 is 14.1 Å². The van der Waals surface area contributed by atoms with Gasteiger partial charge in [0.15, 0.2) is 0 Å². The van der Waals surface area contributed by atoms with Gasteiger partial charge in [0, 0.05) is 37.5 Å². The number of non-ortho nitro benzene ring substituents is 1. The minimum atomic E-state index is -0.788. The van der Waals surface area contributed by atoms with Gasteiger partial charge in [0.05, 0.1) is 10.5 Å². The highest BCUT2D eigenvalue weighted by Gasteiger charge is 2.16. The number of amides is 1. The number of hydrogen-bond acceptors (Lipinski definition) is 4. The van der Waals surface area contributed by atoms with Crippen LogP contribution in [0, 0.1) is 15.9 Å². The first-order valence-corrected chi connectivity index (χ1v) is 6.28. The molecular formula is C13H13FN4O3. The molecule has 2 N–H and O–H groups in total. The number of imidazole rings is 1. The average molecular weight is 292 g/mol. The number of carbonyl (C=O) groups excluding carboxylic acids is 1. The number of hydrogen-bond donors (Lipinski definition) is 2. The van der Waals surface area contributed by atoms with Crippen LogP contribution in [-0.4, -0.2) is 27.3 Å². The number of aromatic amines is 1. The molecule has 2 rings (SSSR count). The number of nitro groups is 1. The number of nitrogens with zero attached hydrogens (tertiary/aromatic N) is 2. The Hall–Kier alpha value is -2.77. The van der Waals surface area contributed by atoms with Crippen molar-refractivity contribution in [3.8, 4) is 0 Å². The molecule has 0 saturated carbocycles. The summed E-state index contributed by atoms with van der Waals surface area (Å²) in [7, 11) is 0. The third-order valence-electron chi connectivity index (χ3n) is 2.84. The van der Waals surface area contributed by atoms with Crippen LogP contribution in [0.15, 0.2) is 30.6 Å². The van der Waals surface area contributed by atoms with Gasteiger partial charge in [0.25, 0.3) is 11.6 Å². The van der Waals surface area contributed by atoms with Crippen molar-refractivity contribution in [3.05, 3.63) is 57.9 Å². The van der Waals surface area contributed by atoms with Gasteiger partial charge < -0.3 is 10.3 Å². The van der Waals surface area contributed by atoms with Crippen molar-refractivity contribution in [2.75, 3.05) is 6.54 Å². The maximum atomic E-state index is 13.5. The Morgan fingerprint density at radius 2 is 2.29 bits per heavy atom. The summed E-state index contributed by atoms with van der Waals surface area (Å²) in [6.07, 6.45) is 4.60. The van der Waals surface area contributed by atoms with E-state index in [9.17, 15) is 19.3 Å². The standard InChI is InChI=1S/C13H13FN4O3/c14-11-4-3-9(18(20)21)8-10(11)13(19)17-5-1-2-12-15-6-7-16-12/h3-4,6-8H,1-2,5H2,(H,15,16)(H,17,19). The van der Waals surface area contributed by atoms with Gasteiger partial charge >= 0.3 is 0 Å². The molecule has 0 atom stereocenters. The van der Waals surface area contributed by atoms with E-state index in [0.717, 1.165) is 24.0 Å². The number of halogens is 1. The van der Waals surface area contributed by atoms with Crippen molar-refractivity contribution in [1.29, 1.82) is 0 Å². The normalized spacial score (nSPS) is 10.3. The summed E-state index contributed by atoms with van der Waals surface area (Å²) >= 11 is 0. The molecule has 110 valence electrons. The first-order valence-electron chi connectivity index (χ1n) is 6.28. The monoisotopic (exact) mass is 292 g/mol. The predicted octanol–water partition coefficient (Wildman–Crippen LogP) is 1.82. The lowest BCUT2D eigenvalue weighted by Gasteiger charge is -2.05. The van der Waals surface area contributed by atoms with Crippen LogP contribution >= 0.6 is 0 Å². The van der Waals surface area contributed by atoms with Crippen molar-refractivity contribution in [3.63, 3.8) is 0 Å². The second-order valence-corrected chi connectivity index (χ2v) is 4.32. The molecule has 8 heteroatoms. The Bertz CT molecular complexity index is 643. The molecule has 0 spiro atoms. The minimum Gasteiger partial charge on any atom is -0.352 e. The van der Waals surface area contributed by atoms with Crippen molar-refractivity contribution in [2.45, 2.75) is 12.8 Å². The zero-order valence-electron chi connectivity index (χ0n) is 11.0. The quantitative estimate of drug-likeness (QED) is 0.481. The van der Waals surface area contributed by atoms with Crippen molar-refractivity contribution >= 4 is 11.6 Å². The molecule has 0 aliphatic rings. The first-order chi connectivity index (χ1) is 10.1. The number of rotatable bonds is 6. The second-order valence-electron chi connectivity index (χ2n) is 4.32. The Balaban J connectivity index is 1.90. The van der Waals surface area contributed by atoms with Crippen LogP contribution in [0.1, 0.15) is 22.6 Å². The molecule has 0 saturated heterocycles. The SMILES string of the molecule is O=C(NCCCc1ncc[nH]1)c1cc([N+](=O)[O-])ccc1F. The summed E-state index contributed by atoms with van der Waals surface area (Å²) in [5.41, 5.74) is -0.653. The van der Waals surface area contributed by atoms with Crippen LogP contribution in [0.5, 0.6) is 0 Å². The highest BCUT2D eigenvalue weighted by Crippen LogP contribution is 2.16. The van der Waals surface area contributed by atoms with Gasteiger partial charge in [0.2, 0.25) is 0 Å². The van der Waals surface area contributed by atoms with E-state index in [1.165, 1.54) is 0 Å². The van der Waals surface area contributed by atoms with Gasteiger partial charge in [-0.2, -0.15) is 0 Å². The van der Waals surface area contributed by atoms with E-state index >= 15 is 0 Å². The maximum Gasteiger partial charge on any atom is 0.270 e. The number of carbonyl (C=O) groups is 1. The lowest BCUT2D eigenvalue weighted by Crippen LogP contribution is -2.25. The average Bonchev–Trinajstić information content (AvgIpc) is 2.96. The van der Waals surface area contributed by atoms with Gasteiger partial charge in [-0.3, -0.25) is 14.9 Å². The first kappa shape index (κ1) is 14.6. The van der Waals surface area contributed by atoms with Crippen LogP contribution in [0.4, 0.5) is 10.1 Å². The second kappa shape index (κ2) is 6.60. The Labute approximate surface area is 119 Å². The fourth-order valence-corrected chi connectivity index (χ4v) is 1.79. The molecule has 1 amide bonds. The largest absolute Gasteiger partial charge is 0.352 e. The number of nitrogens with one attached hydrogen (secondary N) is 2. The van der Waals surface area contributed by atoms with Gasteiger partial charge in [-0.05, 0) is 12.5 Å². The molecule has 1 aromatic heterocycles. The molecule has 0 radical (unpaired) electrons. The molecule has 7 nitrogen and oxygen atoms in total. The Morgan fingerprint density at radius 3 is 2.95 bits per heavy atom. The van der Waals surface area contributed by atoms with E-state index < -0.39 is 16.6 Å². The summed E-state index contributed by atoms with van der Waals surface area (Å²) in [5, 5.41) is 13.1. The van der Waals surface area contributed by atoms with Crippen molar-refractivity contribution in [2.24, 2.45) is 0 Å². The number of nitro benzene ring substituents is 1. The summed E-state index contributed by atoms with van der Waals surface area (Å²) < 4.78 is 13.5. The van der Waals surface area contributed by atoms with Gasteiger partial charge in [-0.1, -0.05) is 0 Å². The highest BCUT2D eigenvalue weighted by molar-refractivity contribution is 5.95. The molecule has 0 fully saturated rings. The molecule has 0 aliphatic carbocycles. The fourth-order valence-electron chi connectivity index (χ4n) is 1.79. The summed E-state index contributed by atoms with van der Waals surface area (Å²) in [6, 6.07) is 2.86. The van der Waals surface area contributed by atoms with Gasteiger partial charge in [0.1, 0.15) is 11.6 Å².